The highest BCUT2D eigenvalue weighted by Crippen LogP contribution is 2.38. The Morgan fingerprint density at radius 3 is 2.67 bits per heavy atom. The normalized spacial score (nSPS) is 17.9. The fourth-order valence-corrected chi connectivity index (χ4v) is 3.03. The summed E-state index contributed by atoms with van der Waals surface area (Å²) in [4.78, 5) is 0. The second kappa shape index (κ2) is 7.26. The van der Waals surface area contributed by atoms with Crippen molar-refractivity contribution in [1.82, 2.24) is 5.32 Å². The van der Waals surface area contributed by atoms with Crippen LogP contribution in [0.15, 0.2) is 48.5 Å². The number of aryl methyl sites for hydroxylation is 1. The summed E-state index contributed by atoms with van der Waals surface area (Å²) in [5.41, 5.74) is 0.316. The monoisotopic (exact) mass is 335 g/mol. The minimum atomic E-state index is -4.43. The number of para-hydroxylation sites is 1. The van der Waals surface area contributed by atoms with Crippen molar-refractivity contribution in [2.75, 3.05) is 6.54 Å². The summed E-state index contributed by atoms with van der Waals surface area (Å²) < 4.78 is 44.6. The molecule has 1 aliphatic rings. The first-order chi connectivity index (χ1) is 11.5. The molecule has 0 aliphatic carbocycles. The van der Waals surface area contributed by atoms with Crippen molar-refractivity contribution in [3.05, 3.63) is 59.7 Å². The van der Waals surface area contributed by atoms with Crippen LogP contribution in [-0.4, -0.2) is 12.6 Å². The molecule has 2 aromatic rings. The second-order valence-electron chi connectivity index (χ2n) is 6.08. The summed E-state index contributed by atoms with van der Waals surface area (Å²) in [6, 6.07) is 13.1. The van der Waals surface area contributed by atoms with Crippen LogP contribution in [0, 0.1) is 0 Å². The van der Waals surface area contributed by atoms with Crippen LogP contribution in [0.25, 0.3) is 0 Å². The Kier molecular flexibility index (Phi) is 5.09. The molecule has 1 N–H and O–H groups in total. The van der Waals surface area contributed by atoms with Crippen molar-refractivity contribution in [3.8, 4) is 11.5 Å². The van der Waals surface area contributed by atoms with Crippen LogP contribution >= 0.6 is 0 Å². The van der Waals surface area contributed by atoms with Gasteiger partial charge >= 0.3 is 6.18 Å². The Balaban J connectivity index is 1.71. The van der Waals surface area contributed by atoms with E-state index in [4.69, 9.17) is 4.74 Å². The summed E-state index contributed by atoms with van der Waals surface area (Å²) >= 11 is 0. The van der Waals surface area contributed by atoms with Gasteiger partial charge in [-0.1, -0.05) is 24.3 Å². The number of rotatable bonds is 5. The van der Waals surface area contributed by atoms with Gasteiger partial charge in [0.2, 0.25) is 0 Å². The molecular weight excluding hydrogens is 315 g/mol. The van der Waals surface area contributed by atoms with E-state index < -0.39 is 11.7 Å². The molecule has 0 amide bonds. The molecule has 0 aromatic heterocycles. The van der Waals surface area contributed by atoms with Crippen molar-refractivity contribution in [2.24, 2.45) is 0 Å². The largest absolute Gasteiger partial charge is 0.457 e. The molecule has 1 saturated heterocycles. The highest BCUT2D eigenvalue weighted by molar-refractivity contribution is 5.40. The van der Waals surface area contributed by atoms with E-state index in [-0.39, 0.29) is 5.75 Å². The first kappa shape index (κ1) is 16.8. The highest BCUT2D eigenvalue weighted by Gasteiger charge is 2.34. The van der Waals surface area contributed by atoms with E-state index in [1.165, 1.54) is 25.0 Å². The van der Waals surface area contributed by atoms with Gasteiger partial charge in [-0.05, 0) is 62.1 Å². The molecule has 3 rings (SSSR count). The summed E-state index contributed by atoms with van der Waals surface area (Å²) in [5.74, 6) is 0.267. The predicted molar refractivity (Wildman–Crippen MR) is 87.3 cm³/mol. The lowest BCUT2D eigenvalue weighted by molar-refractivity contribution is -0.138. The molecule has 0 saturated carbocycles. The Labute approximate surface area is 139 Å². The minimum Gasteiger partial charge on any atom is -0.457 e. The van der Waals surface area contributed by atoms with Crippen molar-refractivity contribution >= 4 is 0 Å². The van der Waals surface area contributed by atoms with E-state index in [2.05, 4.69) is 5.32 Å². The van der Waals surface area contributed by atoms with E-state index in [9.17, 15) is 13.2 Å². The molecule has 1 unspecified atom stereocenters. The molecule has 0 spiro atoms. The van der Waals surface area contributed by atoms with Gasteiger partial charge < -0.3 is 10.1 Å². The zero-order valence-electron chi connectivity index (χ0n) is 13.3. The molecule has 1 aliphatic heterocycles. The molecular formula is C19H20F3NO. The fourth-order valence-electron chi connectivity index (χ4n) is 3.03. The molecule has 1 fully saturated rings. The molecule has 24 heavy (non-hydrogen) atoms. The number of ether oxygens (including phenoxy) is 1. The van der Waals surface area contributed by atoms with Crippen LogP contribution in [0.2, 0.25) is 0 Å². The summed E-state index contributed by atoms with van der Waals surface area (Å²) in [6.45, 7) is 1.07. The maximum absolute atomic E-state index is 13.0. The van der Waals surface area contributed by atoms with Gasteiger partial charge in [0, 0.05) is 6.04 Å². The van der Waals surface area contributed by atoms with Crippen LogP contribution in [-0.2, 0) is 12.6 Å². The zero-order valence-corrected chi connectivity index (χ0v) is 13.3. The van der Waals surface area contributed by atoms with Crippen LogP contribution in [0.3, 0.4) is 0 Å². The van der Waals surface area contributed by atoms with E-state index in [1.807, 2.05) is 18.2 Å². The van der Waals surface area contributed by atoms with E-state index in [1.54, 1.807) is 12.1 Å². The summed E-state index contributed by atoms with van der Waals surface area (Å²) in [7, 11) is 0. The lowest BCUT2D eigenvalue weighted by atomic mass is 10.0. The van der Waals surface area contributed by atoms with E-state index >= 15 is 0 Å². The van der Waals surface area contributed by atoms with Gasteiger partial charge in [0.25, 0.3) is 0 Å². The third kappa shape index (κ3) is 4.29. The van der Waals surface area contributed by atoms with Gasteiger partial charge in [-0.3, -0.25) is 0 Å². The van der Waals surface area contributed by atoms with Crippen molar-refractivity contribution < 1.29 is 17.9 Å². The Bertz CT molecular complexity index is 678. The lowest BCUT2D eigenvalue weighted by Gasteiger charge is -2.14. The Morgan fingerprint density at radius 1 is 1.08 bits per heavy atom. The first-order valence-corrected chi connectivity index (χ1v) is 8.19. The number of benzene rings is 2. The maximum atomic E-state index is 13.0. The average molecular weight is 335 g/mol. The molecule has 0 radical (unpaired) electrons. The molecule has 5 heteroatoms. The molecule has 1 heterocycles. The van der Waals surface area contributed by atoms with Gasteiger partial charge in [-0.25, -0.2) is 0 Å². The second-order valence-corrected chi connectivity index (χ2v) is 6.08. The average Bonchev–Trinajstić information content (AvgIpc) is 3.06. The lowest BCUT2D eigenvalue weighted by Crippen LogP contribution is -2.21. The summed E-state index contributed by atoms with van der Waals surface area (Å²) in [5, 5.41) is 3.45. The number of alkyl halides is 3. The topological polar surface area (TPSA) is 21.3 Å². The van der Waals surface area contributed by atoms with Gasteiger partial charge in [0.15, 0.2) is 0 Å². The SMILES string of the molecule is FC(F)(F)c1ccccc1Oc1cccc(CCC2CCCN2)c1. The van der Waals surface area contributed by atoms with Gasteiger partial charge in [0.1, 0.15) is 11.5 Å². The van der Waals surface area contributed by atoms with Crippen LogP contribution in [0.1, 0.15) is 30.4 Å². The van der Waals surface area contributed by atoms with E-state index in [0.29, 0.717) is 11.8 Å². The molecule has 1 atom stereocenters. The van der Waals surface area contributed by atoms with E-state index in [0.717, 1.165) is 31.0 Å². The standard InChI is InChI=1S/C19H20F3NO/c20-19(21,22)17-8-1-2-9-18(17)24-16-7-3-5-14(13-16)10-11-15-6-4-12-23-15/h1-3,5,7-9,13,15,23H,4,6,10-12H2. The number of halogens is 3. The first-order valence-electron chi connectivity index (χ1n) is 8.19. The van der Waals surface area contributed by atoms with Gasteiger partial charge in [-0.15, -0.1) is 0 Å². The minimum absolute atomic E-state index is 0.167. The number of nitrogens with one attached hydrogen (secondary N) is 1. The van der Waals surface area contributed by atoms with Crippen LogP contribution < -0.4 is 10.1 Å². The smallest absolute Gasteiger partial charge is 0.419 e. The molecule has 2 nitrogen and oxygen atoms in total. The molecule has 0 bridgehead atoms. The Hall–Kier alpha value is -2.01. The number of hydrogen-bond acceptors (Lipinski definition) is 2. The zero-order chi connectivity index (χ0) is 17.0. The summed E-state index contributed by atoms with van der Waals surface area (Å²) in [6.07, 6.45) is -0.113. The fraction of sp³-hybridized carbons (Fsp3) is 0.368. The molecule has 128 valence electrons. The van der Waals surface area contributed by atoms with Crippen molar-refractivity contribution in [3.63, 3.8) is 0 Å². The Morgan fingerprint density at radius 2 is 1.92 bits per heavy atom. The van der Waals surface area contributed by atoms with Gasteiger partial charge in [0.05, 0.1) is 5.56 Å². The molecule has 2 aromatic carbocycles. The third-order valence-electron chi connectivity index (χ3n) is 4.26. The maximum Gasteiger partial charge on any atom is 0.419 e. The van der Waals surface area contributed by atoms with Crippen LogP contribution in [0.5, 0.6) is 11.5 Å². The number of hydrogen-bond donors (Lipinski definition) is 1. The highest BCUT2D eigenvalue weighted by atomic mass is 19.4. The van der Waals surface area contributed by atoms with Crippen LogP contribution in [0.4, 0.5) is 13.2 Å². The van der Waals surface area contributed by atoms with Crippen molar-refractivity contribution in [1.29, 1.82) is 0 Å². The van der Waals surface area contributed by atoms with Crippen molar-refractivity contribution in [2.45, 2.75) is 37.9 Å². The predicted octanol–water partition coefficient (Wildman–Crippen LogP) is 5.18. The third-order valence-corrected chi connectivity index (χ3v) is 4.26. The quantitative estimate of drug-likeness (QED) is 0.813. The van der Waals surface area contributed by atoms with Gasteiger partial charge in [-0.2, -0.15) is 13.2 Å².